The molecule has 4 saturated carbocycles. The molecule has 0 spiro atoms. The SMILES string of the molecule is C#CCCn1cc(-c2cc(C3CCC(O)CC3)n3nc(N[C@@H](C)COC)ncc23)cn1.C=C(c1ccc(-c2cc(C3CCC(O)CC3)n3nc(N[C@@H](C)COC)ncc23)cn1)N1CCN(C)CC1.COC[C@H](C)Nc1ncc2c(-c3cnn(C4CCC4)c3)cc(C3CCC(O)CC3)n2n1. The van der Waals surface area contributed by atoms with Gasteiger partial charge in [0.15, 0.2) is 0 Å². The van der Waals surface area contributed by atoms with Gasteiger partial charge in [0.05, 0.1) is 110 Å². The van der Waals surface area contributed by atoms with Crippen molar-refractivity contribution in [3.05, 3.63) is 109 Å². The zero-order valence-electron chi connectivity index (χ0n) is 58.8. The van der Waals surface area contributed by atoms with E-state index < -0.39 is 0 Å². The number of methoxy groups -OCH3 is 3. The van der Waals surface area contributed by atoms with E-state index in [4.69, 9.17) is 40.9 Å². The Labute approximate surface area is 580 Å². The summed E-state index contributed by atoms with van der Waals surface area (Å²) in [6, 6.07) is 11.7. The number of aliphatic hydroxyl groups excluding tert-OH is 3. The fourth-order valence-electron chi connectivity index (χ4n) is 14.6. The van der Waals surface area contributed by atoms with E-state index in [0.29, 0.717) is 74.4 Å². The third-order valence-corrected chi connectivity index (χ3v) is 20.4. The second-order valence-electron chi connectivity index (χ2n) is 28.0. The van der Waals surface area contributed by atoms with Gasteiger partial charge in [-0.2, -0.15) is 10.2 Å². The Morgan fingerprint density at radius 2 is 0.970 bits per heavy atom. The first kappa shape index (κ1) is 70.5. The quantitative estimate of drug-likeness (QED) is 0.0325. The lowest BCUT2D eigenvalue weighted by atomic mass is 9.85. The molecule has 5 aliphatic rings. The topological polar surface area (TPSA) is 270 Å². The number of fused-ring (bicyclic) bond motifs is 3. The molecule has 14 rings (SSSR count). The van der Waals surface area contributed by atoms with Gasteiger partial charge in [-0.05, 0) is 148 Å². The van der Waals surface area contributed by atoms with Crippen LogP contribution in [0.3, 0.4) is 0 Å². The molecule has 0 amide bonds. The highest BCUT2D eigenvalue weighted by Gasteiger charge is 2.31. The number of anilines is 3. The molecule has 0 radical (unpaired) electrons. The Morgan fingerprint density at radius 3 is 1.36 bits per heavy atom. The molecule has 1 aliphatic heterocycles. The normalized spacial score (nSPS) is 21.6. The van der Waals surface area contributed by atoms with Crippen LogP contribution >= 0.6 is 0 Å². The number of pyridine rings is 1. The van der Waals surface area contributed by atoms with E-state index in [1.807, 2.05) is 75.5 Å². The van der Waals surface area contributed by atoms with E-state index in [2.05, 4.69) is 119 Å². The fourth-order valence-corrected chi connectivity index (χ4v) is 14.6. The number of aryl methyl sites for hydroxylation is 1. The van der Waals surface area contributed by atoms with Crippen LogP contribution in [0.2, 0.25) is 0 Å². The average molecular weight is 1350 g/mol. The van der Waals surface area contributed by atoms with Crippen molar-refractivity contribution in [2.24, 2.45) is 0 Å². The summed E-state index contributed by atoms with van der Waals surface area (Å²) in [7, 11) is 7.22. The van der Waals surface area contributed by atoms with Crippen molar-refractivity contribution in [2.45, 2.75) is 190 Å². The minimum Gasteiger partial charge on any atom is -0.393 e. The van der Waals surface area contributed by atoms with Gasteiger partial charge in [-0.1, -0.05) is 12.6 Å². The molecule has 0 unspecified atom stereocenters. The molecule has 9 aromatic rings. The smallest absolute Gasteiger partial charge is 0.241 e. The van der Waals surface area contributed by atoms with E-state index in [1.54, 1.807) is 21.3 Å². The maximum atomic E-state index is 10.1. The van der Waals surface area contributed by atoms with E-state index in [1.165, 1.54) is 25.0 Å². The molecule has 25 heteroatoms. The molecule has 0 bridgehead atoms. The van der Waals surface area contributed by atoms with Crippen molar-refractivity contribution in [1.29, 1.82) is 0 Å². The first-order chi connectivity index (χ1) is 48.1. The van der Waals surface area contributed by atoms with Crippen LogP contribution in [0, 0.1) is 12.3 Å². The van der Waals surface area contributed by atoms with Crippen molar-refractivity contribution in [1.82, 2.24) is 78.1 Å². The molecule has 1 saturated heterocycles. The van der Waals surface area contributed by atoms with Crippen LogP contribution < -0.4 is 16.0 Å². The highest BCUT2D eigenvalue weighted by molar-refractivity contribution is 5.83. The number of nitrogens with zero attached hydrogens (tertiary/aromatic N) is 16. The minimum absolute atomic E-state index is 0.0934. The number of piperazine rings is 1. The van der Waals surface area contributed by atoms with Crippen molar-refractivity contribution in [3.8, 4) is 45.7 Å². The van der Waals surface area contributed by atoms with Crippen LogP contribution in [0.5, 0.6) is 0 Å². The molecule has 3 atom stereocenters. The maximum absolute atomic E-state index is 10.1. The number of ether oxygens (including phenoxy) is 3. The summed E-state index contributed by atoms with van der Waals surface area (Å²) in [6.45, 7) is 16.9. The maximum Gasteiger partial charge on any atom is 0.241 e. The van der Waals surface area contributed by atoms with Crippen molar-refractivity contribution in [3.63, 3.8) is 0 Å². The van der Waals surface area contributed by atoms with E-state index in [-0.39, 0.29) is 36.4 Å². The number of aliphatic hydroxyl groups is 3. The first-order valence-electron chi connectivity index (χ1n) is 35.7. The number of aromatic nitrogens is 14. The second kappa shape index (κ2) is 32.8. The van der Waals surface area contributed by atoms with Crippen LogP contribution in [-0.4, -0.2) is 204 Å². The number of hydrogen-bond donors (Lipinski definition) is 6. The molecule has 6 N–H and O–H groups in total. The monoisotopic (exact) mass is 1350 g/mol. The Balaban J connectivity index is 0.000000142. The van der Waals surface area contributed by atoms with Gasteiger partial charge in [0.1, 0.15) is 0 Å². The van der Waals surface area contributed by atoms with E-state index in [9.17, 15) is 15.3 Å². The highest BCUT2D eigenvalue weighted by Crippen LogP contribution is 2.42. The Bertz CT molecular complexity index is 4130. The van der Waals surface area contributed by atoms with Gasteiger partial charge in [-0.15, -0.1) is 27.6 Å². The molecule has 99 heavy (non-hydrogen) atoms. The Morgan fingerprint density at radius 1 is 0.545 bits per heavy atom. The van der Waals surface area contributed by atoms with Crippen LogP contribution in [0.15, 0.2) is 86.5 Å². The van der Waals surface area contributed by atoms with Gasteiger partial charge < -0.3 is 55.3 Å². The van der Waals surface area contributed by atoms with Gasteiger partial charge >= 0.3 is 0 Å². The lowest BCUT2D eigenvalue weighted by Crippen LogP contribution is -2.43. The number of likely N-dealkylation sites (N-methyl/N-ethyl adjacent to an activating group) is 1. The van der Waals surface area contributed by atoms with Gasteiger partial charge in [0.2, 0.25) is 17.8 Å². The zero-order valence-corrected chi connectivity index (χ0v) is 58.8. The fraction of sp³-hybridized carbons (Fsp3) is 0.554. The van der Waals surface area contributed by atoms with Crippen molar-refractivity contribution < 1.29 is 29.5 Å². The zero-order chi connectivity index (χ0) is 69.1. The summed E-state index contributed by atoms with van der Waals surface area (Å²) < 4.78 is 25.8. The Kier molecular flexibility index (Phi) is 23.3. The number of rotatable bonds is 23. The van der Waals surface area contributed by atoms with Gasteiger partial charge in [-0.25, -0.2) is 28.5 Å². The third kappa shape index (κ3) is 16.9. The summed E-state index contributed by atoms with van der Waals surface area (Å²) in [5.74, 6) is 5.47. The predicted octanol–water partition coefficient (Wildman–Crippen LogP) is 10.3. The summed E-state index contributed by atoms with van der Waals surface area (Å²) in [4.78, 5) is 23.2. The average Bonchev–Trinajstić information content (AvgIpc) is 1.63. The highest BCUT2D eigenvalue weighted by atomic mass is 16.5. The third-order valence-electron chi connectivity index (χ3n) is 20.4. The summed E-state index contributed by atoms with van der Waals surface area (Å²) in [6.07, 6.45) is 35.5. The molecule has 528 valence electrons. The minimum atomic E-state index is -0.200. The number of terminal acetylenes is 1. The van der Waals surface area contributed by atoms with Crippen LogP contribution in [0.1, 0.15) is 170 Å². The molecule has 0 aromatic carbocycles. The van der Waals surface area contributed by atoms with Crippen LogP contribution in [0.25, 0.3) is 55.6 Å². The van der Waals surface area contributed by atoms with Gasteiger partial charge in [0.25, 0.3) is 0 Å². The lowest BCUT2D eigenvalue weighted by molar-refractivity contribution is 0.121. The second-order valence-corrected chi connectivity index (χ2v) is 28.0. The summed E-state index contributed by atoms with van der Waals surface area (Å²) in [5.41, 5.74) is 14.7. The molecule has 5 fully saturated rings. The van der Waals surface area contributed by atoms with E-state index >= 15 is 0 Å². The number of hydrogen-bond acceptors (Lipinski definition) is 20. The van der Waals surface area contributed by atoms with Crippen molar-refractivity contribution in [2.75, 3.05) is 90.3 Å². The molecule has 10 heterocycles. The molecule has 9 aromatic heterocycles. The molecular weight excluding hydrogens is 1250 g/mol. The predicted molar refractivity (Wildman–Crippen MR) is 386 cm³/mol. The largest absolute Gasteiger partial charge is 0.393 e. The molecular formula is C74H101N19O6. The first-order valence-corrected chi connectivity index (χ1v) is 35.7. The van der Waals surface area contributed by atoms with Gasteiger partial charge in [-0.3, -0.25) is 14.3 Å². The summed E-state index contributed by atoms with van der Waals surface area (Å²) >= 11 is 0. The standard InChI is InChI=1S/C28H39N7O2.C23H32N6O2.C23H30N6O2/c1-19(18-37-4)31-28-30-17-27-24(15-26(35(27)32-28)21-5-8-23(36)9-6-21)22-7-10-25(29-16-22)20(2)34-13-11-33(3)12-14-34;1-15(14-31-2)26-23-24-12-22-20(17-11-25-28(13-17)18-4-3-5-18)10-21(29(22)27-23)16-6-8-19(30)9-7-16;1-4-5-10-28-14-18(12-25-28)20-11-21(17-6-8-19(30)9-7-17)29-22(20)13-24-23(27-29)26-16(2)15-31-3/h7,10,15-17,19,21,23,36H,2,5-6,8-9,11-14,18H2,1,3-4H3,(H,31,32);10-13,15-16,18-19,30H,3-9,14H2,1-2H3,(H,26,27);1,11-14,16-17,19,30H,5-10,15H2,2-3H3,(H,26,27)/t19-,21?,23?;15-,16?,19?;16-,17?,19?/m000/s1. The molecule has 4 aliphatic carbocycles. The Hall–Kier alpha value is -8.35. The van der Waals surface area contributed by atoms with Crippen LogP contribution in [0.4, 0.5) is 17.8 Å². The van der Waals surface area contributed by atoms with Crippen LogP contribution in [-0.2, 0) is 20.8 Å². The summed E-state index contributed by atoms with van der Waals surface area (Å²) in [5, 5.41) is 63.6. The number of nitrogens with one attached hydrogen (secondary N) is 3. The lowest BCUT2D eigenvalue weighted by Gasteiger charge is -2.34. The van der Waals surface area contributed by atoms with E-state index in [0.717, 1.165) is 176 Å². The van der Waals surface area contributed by atoms with Gasteiger partial charge in [0, 0.05) is 159 Å². The molecule has 25 nitrogen and oxygen atoms in total. The van der Waals surface area contributed by atoms with Crippen molar-refractivity contribution >= 4 is 40.1 Å².